The number of nitrogens with one attached hydrogen (secondary N) is 1. The number of ether oxygens (including phenoxy) is 1. The van der Waals surface area contributed by atoms with Crippen LogP contribution in [0.5, 0.6) is 0 Å². The van der Waals surface area contributed by atoms with Crippen LogP contribution >= 0.6 is 11.3 Å². The van der Waals surface area contributed by atoms with E-state index in [4.69, 9.17) is 4.74 Å². The van der Waals surface area contributed by atoms with Crippen LogP contribution in [-0.4, -0.2) is 24.1 Å². The third-order valence-corrected chi connectivity index (χ3v) is 5.64. The van der Waals surface area contributed by atoms with Crippen LogP contribution in [0.4, 0.5) is 5.13 Å². The number of carbonyl (C=O) groups is 1. The second-order valence-corrected chi connectivity index (χ2v) is 7.14. The van der Waals surface area contributed by atoms with Crippen molar-refractivity contribution < 1.29 is 9.53 Å². The molecule has 0 amide bonds. The number of thiazole rings is 1. The van der Waals surface area contributed by atoms with Gasteiger partial charge in [-0.25, -0.2) is 4.98 Å². The molecule has 0 saturated heterocycles. The normalized spacial score (nSPS) is 22.0. The number of aromatic nitrogens is 1. The van der Waals surface area contributed by atoms with E-state index in [2.05, 4.69) is 10.3 Å². The lowest BCUT2D eigenvalue weighted by molar-refractivity contribution is -0.145. The number of hydrogen-bond acceptors (Lipinski definition) is 5. The summed E-state index contributed by atoms with van der Waals surface area (Å²) in [6.45, 7) is 3.32. The summed E-state index contributed by atoms with van der Waals surface area (Å²) in [5.41, 5.74) is 0.963. The van der Waals surface area contributed by atoms with Crippen LogP contribution in [0.25, 0.3) is 0 Å². The molecular formula is C16H24N2O2S. The van der Waals surface area contributed by atoms with E-state index < -0.39 is 0 Å². The summed E-state index contributed by atoms with van der Waals surface area (Å²) in [5, 5.41) is 4.48. The molecular weight excluding hydrogens is 284 g/mol. The standard InChI is InChI=1S/C16H24N2O2S/c1-2-20-15(19)12-8-9-13-14(12)18-16(21-13)17-10-11-6-4-3-5-7-11/h11-12H,2-10H2,1H3,(H,17,18). The minimum atomic E-state index is -0.138. The number of fused-ring (bicyclic) bond motifs is 1. The van der Waals surface area contributed by atoms with Gasteiger partial charge in [0, 0.05) is 11.4 Å². The van der Waals surface area contributed by atoms with Gasteiger partial charge in [0.25, 0.3) is 0 Å². The molecule has 1 heterocycles. The molecule has 0 aliphatic heterocycles. The second-order valence-electron chi connectivity index (χ2n) is 6.06. The van der Waals surface area contributed by atoms with Gasteiger partial charge in [0.1, 0.15) is 5.92 Å². The van der Waals surface area contributed by atoms with Crippen molar-refractivity contribution in [3.8, 4) is 0 Å². The van der Waals surface area contributed by atoms with E-state index >= 15 is 0 Å². The lowest BCUT2D eigenvalue weighted by Gasteiger charge is -2.21. The second kappa shape index (κ2) is 6.77. The summed E-state index contributed by atoms with van der Waals surface area (Å²) in [6, 6.07) is 0. The fourth-order valence-electron chi connectivity index (χ4n) is 3.40. The Morgan fingerprint density at radius 2 is 2.14 bits per heavy atom. The predicted octanol–water partition coefficient (Wildman–Crippen LogP) is 3.73. The van der Waals surface area contributed by atoms with Crippen LogP contribution in [-0.2, 0) is 16.0 Å². The zero-order chi connectivity index (χ0) is 14.7. The molecule has 0 aromatic carbocycles. The Morgan fingerprint density at radius 1 is 1.33 bits per heavy atom. The minimum absolute atomic E-state index is 0.111. The average molecular weight is 308 g/mol. The number of rotatable bonds is 5. The van der Waals surface area contributed by atoms with Crippen LogP contribution in [0.15, 0.2) is 0 Å². The Morgan fingerprint density at radius 3 is 2.90 bits per heavy atom. The quantitative estimate of drug-likeness (QED) is 0.842. The summed E-state index contributed by atoms with van der Waals surface area (Å²) in [5.74, 6) is 0.542. The third-order valence-electron chi connectivity index (χ3n) is 4.56. The van der Waals surface area contributed by atoms with Crippen LogP contribution < -0.4 is 5.32 Å². The maximum Gasteiger partial charge on any atom is 0.315 e. The maximum absolute atomic E-state index is 11.9. The molecule has 116 valence electrons. The van der Waals surface area contributed by atoms with Gasteiger partial charge < -0.3 is 10.1 Å². The van der Waals surface area contributed by atoms with Gasteiger partial charge in [0.15, 0.2) is 5.13 Å². The van der Waals surface area contributed by atoms with Crippen molar-refractivity contribution in [3.05, 3.63) is 10.6 Å². The molecule has 2 aliphatic rings. The number of esters is 1. The molecule has 0 radical (unpaired) electrons. The first kappa shape index (κ1) is 14.8. The Bertz CT molecular complexity index is 494. The van der Waals surface area contributed by atoms with Crippen molar-refractivity contribution in [1.82, 2.24) is 4.98 Å². The van der Waals surface area contributed by atoms with Gasteiger partial charge in [0.2, 0.25) is 0 Å². The molecule has 1 fully saturated rings. The molecule has 0 bridgehead atoms. The highest BCUT2D eigenvalue weighted by Crippen LogP contribution is 2.39. The molecule has 3 rings (SSSR count). The first-order valence-corrected chi connectivity index (χ1v) is 8.99. The van der Waals surface area contributed by atoms with Crippen molar-refractivity contribution in [1.29, 1.82) is 0 Å². The largest absolute Gasteiger partial charge is 0.465 e. The number of anilines is 1. The molecule has 1 unspecified atom stereocenters. The monoisotopic (exact) mass is 308 g/mol. The summed E-state index contributed by atoms with van der Waals surface area (Å²) in [6.07, 6.45) is 8.62. The van der Waals surface area contributed by atoms with Gasteiger partial charge in [-0.05, 0) is 38.5 Å². The fourth-order valence-corrected chi connectivity index (χ4v) is 4.44. The highest BCUT2D eigenvalue weighted by molar-refractivity contribution is 7.15. The average Bonchev–Trinajstić information content (AvgIpc) is 3.06. The van der Waals surface area contributed by atoms with Crippen molar-refractivity contribution >= 4 is 22.4 Å². The first-order valence-electron chi connectivity index (χ1n) is 8.18. The molecule has 4 nitrogen and oxygen atoms in total. The predicted molar refractivity (Wildman–Crippen MR) is 84.9 cm³/mol. The van der Waals surface area contributed by atoms with E-state index in [0.29, 0.717) is 6.61 Å². The van der Waals surface area contributed by atoms with Crippen molar-refractivity contribution in [3.63, 3.8) is 0 Å². The Kier molecular flexibility index (Phi) is 4.78. The lowest BCUT2D eigenvalue weighted by Crippen LogP contribution is -2.17. The topological polar surface area (TPSA) is 51.2 Å². The van der Waals surface area contributed by atoms with Gasteiger partial charge >= 0.3 is 5.97 Å². The van der Waals surface area contributed by atoms with Crippen molar-refractivity contribution in [2.24, 2.45) is 5.92 Å². The zero-order valence-electron chi connectivity index (χ0n) is 12.7. The summed E-state index contributed by atoms with van der Waals surface area (Å²) in [7, 11) is 0. The van der Waals surface area contributed by atoms with Crippen LogP contribution in [0, 0.1) is 5.92 Å². The summed E-state index contributed by atoms with van der Waals surface area (Å²) < 4.78 is 5.15. The Hall–Kier alpha value is -1.10. The molecule has 1 atom stereocenters. The Labute approximate surface area is 130 Å². The Balaban J connectivity index is 1.59. The minimum Gasteiger partial charge on any atom is -0.465 e. The maximum atomic E-state index is 11.9. The highest BCUT2D eigenvalue weighted by atomic mass is 32.1. The lowest BCUT2D eigenvalue weighted by atomic mass is 9.89. The van der Waals surface area contributed by atoms with E-state index in [1.54, 1.807) is 11.3 Å². The molecule has 1 aromatic heterocycles. The first-order chi connectivity index (χ1) is 10.3. The molecule has 1 saturated carbocycles. The van der Waals surface area contributed by atoms with Gasteiger partial charge in [-0.1, -0.05) is 19.3 Å². The molecule has 1 N–H and O–H groups in total. The zero-order valence-corrected chi connectivity index (χ0v) is 13.5. The van der Waals surface area contributed by atoms with Gasteiger partial charge in [0.05, 0.1) is 12.3 Å². The van der Waals surface area contributed by atoms with Crippen LogP contribution in [0.1, 0.15) is 61.9 Å². The van der Waals surface area contributed by atoms with E-state index in [1.807, 2.05) is 6.92 Å². The summed E-state index contributed by atoms with van der Waals surface area (Å²) >= 11 is 1.72. The molecule has 0 spiro atoms. The van der Waals surface area contributed by atoms with Gasteiger partial charge in [-0.3, -0.25) is 4.79 Å². The van der Waals surface area contributed by atoms with E-state index in [9.17, 15) is 4.79 Å². The fraction of sp³-hybridized carbons (Fsp3) is 0.750. The van der Waals surface area contributed by atoms with Gasteiger partial charge in [-0.2, -0.15) is 0 Å². The van der Waals surface area contributed by atoms with Gasteiger partial charge in [-0.15, -0.1) is 11.3 Å². The highest BCUT2D eigenvalue weighted by Gasteiger charge is 2.33. The van der Waals surface area contributed by atoms with Crippen LogP contribution in [0.3, 0.4) is 0 Å². The molecule has 1 aromatic rings. The van der Waals surface area contributed by atoms with Crippen LogP contribution in [0.2, 0.25) is 0 Å². The number of nitrogens with zero attached hydrogens (tertiary/aromatic N) is 1. The molecule has 21 heavy (non-hydrogen) atoms. The van der Waals surface area contributed by atoms with E-state index in [-0.39, 0.29) is 11.9 Å². The third kappa shape index (κ3) is 3.39. The van der Waals surface area contributed by atoms with E-state index in [0.717, 1.165) is 36.1 Å². The van der Waals surface area contributed by atoms with Crippen molar-refractivity contribution in [2.75, 3.05) is 18.5 Å². The van der Waals surface area contributed by atoms with E-state index in [1.165, 1.54) is 37.0 Å². The SMILES string of the molecule is CCOC(=O)C1CCc2sc(NCC3CCCCC3)nc21. The number of hydrogen-bond donors (Lipinski definition) is 1. The molecule has 2 aliphatic carbocycles. The number of carbonyl (C=O) groups excluding carboxylic acids is 1. The summed E-state index contributed by atoms with van der Waals surface area (Å²) in [4.78, 5) is 17.9. The number of aryl methyl sites for hydroxylation is 1. The smallest absolute Gasteiger partial charge is 0.315 e. The van der Waals surface area contributed by atoms with Crippen molar-refractivity contribution in [2.45, 2.75) is 57.8 Å². The molecule has 5 heteroatoms.